The van der Waals surface area contributed by atoms with Crippen LogP contribution in [0.4, 0.5) is 0 Å². The molecule has 3 saturated carbocycles. The summed E-state index contributed by atoms with van der Waals surface area (Å²) in [7, 11) is 3.56. The van der Waals surface area contributed by atoms with E-state index in [-0.39, 0.29) is 24.0 Å². The van der Waals surface area contributed by atoms with Crippen molar-refractivity contribution in [3.05, 3.63) is 23.8 Å². The van der Waals surface area contributed by atoms with Crippen molar-refractivity contribution < 1.29 is 14.2 Å². The van der Waals surface area contributed by atoms with Crippen molar-refractivity contribution >= 4 is 29.9 Å². The maximum absolute atomic E-state index is 6.35. The Morgan fingerprint density at radius 3 is 2.68 bits per heavy atom. The molecule has 1 aromatic carbocycles. The number of hydrogen-bond acceptors (Lipinski definition) is 4. The van der Waals surface area contributed by atoms with E-state index in [1.807, 2.05) is 19.2 Å². The maximum Gasteiger partial charge on any atom is 0.191 e. The SMILES string of the molecule is CN=C(NCc1ccc(OC)cc1OC1CCCC1)NC1C2CCOC2C12CCC2.I. The number of benzene rings is 1. The summed E-state index contributed by atoms with van der Waals surface area (Å²) in [6.45, 7) is 1.59. The lowest BCUT2D eigenvalue weighted by Crippen LogP contribution is -2.72. The van der Waals surface area contributed by atoms with Gasteiger partial charge < -0.3 is 24.8 Å². The number of nitrogens with zero attached hydrogens (tertiary/aromatic N) is 1. The number of rotatable bonds is 6. The van der Waals surface area contributed by atoms with Gasteiger partial charge in [0.15, 0.2) is 5.96 Å². The third kappa shape index (κ3) is 4.24. The van der Waals surface area contributed by atoms with Crippen LogP contribution in [0.2, 0.25) is 0 Å². The van der Waals surface area contributed by atoms with E-state index in [2.05, 4.69) is 21.7 Å². The molecule has 1 saturated heterocycles. The second-order valence-corrected chi connectivity index (χ2v) is 9.38. The van der Waals surface area contributed by atoms with Crippen LogP contribution in [0.5, 0.6) is 11.5 Å². The average molecular weight is 541 g/mol. The highest BCUT2D eigenvalue weighted by Crippen LogP contribution is 2.62. The maximum atomic E-state index is 6.35. The monoisotopic (exact) mass is 541 g/mol. The number of methoxy groups -OCH3 is 1. The van der Waals surface area contributed by atoms with E-state index in [4.69, 9.17) is 14.2 Å². The normalized spacial score (nSPS) is 28.8. The molecule has 172 valence electrons. The van der Waals surface area contributed by atoms with Crippen molar-refractivity contribution in [2.75, 3.05) is 20.8 Å². The van der Waals surface area contributed by atoms with Crippen LogP contribution in [-0.2, 0) is 11.3 Å². The van der Waals surface area contributed by atoms with Crippen LogP contribution < -0.4 is 20.1 Å². The van der Waals surface area contributed by atoms with Crippen LogP contribution in [0.1, 0.15) is 56.9 Å². The van der Waals surface area contributed by atoms with Gasteiger partial charge in [-0.05, 0) is 57.1 Å². The highest BCUT2D eigenvalue weighted by Gasteiger charge is 2.66. The van der Waals surface area contributed by atoms with E-state index in [1.165, 1.54) is 38.5 Å². The van der Waals surface area contributed by atoms with Gasteiger partial charge in [-0.2, -0.15) is 0 Å². The predicted molar refractivity (Wildman–Crippen MR) is 133 cm³/mol. The Morgan fingerprint density at radius 1 is 1.19 bits per heavy atom. The van der Waals surface area contributed by atoms with Gasteiger partial charge in [-0.25, -0.2) is 0 Å². The number of ether oxygens (including phenoxy) is 3. The Morgan fingerprint density at radius 2 is 2.00 bits per heavy atom. The van der Waals surface area contributed by atoms with Crippen molar-refractivity contribution in [1.29, 1.82) is 0 Å². The number of halogens is 1. The molecule has 4 fully saturated rings. The highest BCUT2D eigenvalue weighted by atomic mass is 127. The minimum atomic E-state index is 0. The van der Waals surface area contributed by atoms with Crippen LogP contribution in [0.15, 0.2) is 23.2 Å². The highest BCUT2D eigenvalue weighted by molar-refractivity contribution is 14.0. The fourth-order valence-electron chi connectivity index (χ4n) is 6.08. The van der Waals surface area contributed by atoms with Crippen molar-refractivity contribution in [2.24, 2.45) is 16.3 Å². The molecule has 5 rings (SSSR count). The van der Waals surface area contributed by atoms with Gasteiger partial charge in [-0.3, -0.25) is 4.99 Å². The first kappa shape index (κ1) is 23.0. The smallest absolute Gasteiger partial charge is 0.191 e. The molecular formula is C24H36IN3O3. The van der Waals surface area contributed by atoms with Crippen LogP contribution in [0, 0.1) is 11.3 Å². The quantitative estimate of drug-likeness (QED) is 0.320. The van der Waals surface area contributed by atoms with Gasteiger partial charge in [-0.15, -0.1) is 24.0 Å². The summed E-state index contributed by atoms with van der Waals surface area (Å²) in [5.74, 6) is 3.26. The molecule has 7 heteroatoms. The molecule has 0 aromatic heterocycles. The molecule has 4 aliphatic rings. The lowest BCUT2D eigenvalue weighted by atomic mass is 9.46. The number of fused-ring (bicyclic) bond motifs is 2. The predicted octanol–water partition coefficient (Wildman–Crippen LogP) is 4.26. The molecule has 3 atom stereocenters. The molecule has 1 aromatic rings. The standard InChI is InChI=1S/C24H35N3O3.HI/c1-25-23(27-21-19-10-13-29-22(19)24(21)11-5-12-24)26-15-16-8-9-18(28-2)14-20(16)30-17-6-3-4-7-17;/h8-9,14,17,19,21-22H,3-7,10-13,15H2,1-2H3,(H2,25,26,27);1H. The van der Waals surface area contributed by atoms with Crippen LogP contribution in [0.25, 0.3) is 0 Å². The molecular weight excluding hydrogens is 505 g/mol. The summed E-state index contributed by atoms with van der Waals surface area (Å²) in [6.07, 6.45) is 10.6. The lowest BCUT2D eigenvalue weighted by molar-refractivity contribution is -0.171. The first-order valence-corrected chi connectivity index (χ1v) is 11.7. The third-order valence-corrected chi connectivity index (χ3v) is 7.87. The molecule has 6 nitrogen and oxygen atoms in total. The van der Waals surface area contributed by atoms with E-state index < -0.39 is 0 Å². The fourth-order valence-corrected chi connectivity index (χ4v) is 6.08. The molecule has 1 spiro atoms. The number of hydrogen-bond donors (Lipinski definition) is 2. The van der Waals surface area contributed by atoms with E-state index >= 15 is 0 Å². The van der Waals surface area contributed by atoms with E-state index in [9.17, 15) is 0 Å². The van der Waals surface area contributed by atoms with Crippen molar-refractivity contribution in [1.82, 2.24) is 10.6 Å². The Hall–Kier alpha value is -1.22. The zero-order chi connectivity index (χ0) is 20.6. The summed E-state index contributed by atoms with van der Waals surface area (Å²) in [5, 5.41) is 7.28. The van der Waals surface area contributed by atoms with E-state index in [0.717, 1.165) is 42.5 Å². The summed E-state index contributed by atoms with van der Waals surface area (Å²) < 4.78 is 17.8. The van der Waals surface area contributed by atoms with Gasteiger partial charge in [0.1, 0.15) is 11.5 Å². The van der Waals surface area contributed by atoms with Crippen LogP contribution in [-0.4, -0.2) is 45.0 Å². The molecule has 2 N–H and O–H groups in total. The molecule has 0 bridgehead atoms. The minimum absolute atomic E-state index is 0. The Balaban J connectivity index is 0.00000231. The van der Waals surface area contributed by atoms with Crippen molar-refractivity contribution in [3.63, 3.8) is 0 Å². The Kier molecular flexibility index (Phi) is 7.20. The van der Waals surface area contributed by atoms with Gasteiger partial charge in [0.2, 0.25) is 0 Å². The Labute approximate surface area is 202 Å². The van der Waals surface area contributed by atoms with Gasteiger partial charge in [0, 0.05) is 49.2 Å². The van der Waals surface area contributed by atoms with Crippen LogP contribution >= 0.6 is 24.0 Å². The second-order valence-electron chi connectivity index (χ2n) is 9.38. The molecule has 0 amide bonds. The Bertz CT molecular complexity index is 792. The second kappa shape index (κ2) is 9.73. The molecule has 3 unspecified atom stereocenters. The summed E-state index contributed by atoms with van der Waals surface area (Å²) in [5.41, 5.74) is 1.48. The largest absolute Gasteiger partial charge is 0.497 e. The van der Waals surface area contributed by atoms with Gasteiger partial charge in [-0.1, -0.05) is 6.42 Å². The number of nitrogens with one attached hydrogen (secondary N) is 2. The van der Waals surface area contributed by atoms with Gasteiger partial charge in [0.05, 0.1) is 19.3 Å². The molecule has 1 heterocycles. The van der Waals surface area contributed by atoms with Crippen molar-refractivity contribution in [3.8, 4) is 11.5 Å². The van der Waals surface area contributed by atoms with Crippen molar-refractivity contribution in [2.45, 2.75) is 76.2 Å². The van der Waals surface area contributed by atoms with Crippen LogP contribution in [0.3, 0.4) is 0 Å². The summed E-state index contributed by atoms with van der Waals surface area (Å²) in [4.78, 5) is 4.52. The lowest BCUT2D eigenvalue weighted by Gasteiger charge is -2.63. The molecule has 0 radical (unpaired) electrons. The van der Waals surface area contributed by atoms with Gasteiger partial charge >= 0.3 is 0 Å². The first-order valence-electron chi connectivity index (χ1n) is 11.7. The number of guanidine groups is 1. The topological polar surface area (TPSA) is 64.1 Å². The minimum Gasteiger partial charge on any atom is -0.497 e. The first-order chi connectivity index (χ1) is 14.7. The zero-order valence-corrected chi connectivity index (χ0v) is 21.0. The average Bonchev–Trinajstić information content (AvgIpc) is 3.38. The van der Waals surface area contributed by atoms with E-state index in [1.54, 1.807) is 7.11 Å². The summed E-state index contributed by atoms with van der Waals surface area (Å²) in [6, 6.07) is 6.60. The third-order valence-electron chi connectivity index (χ3n) is 7.87. The molecule has 1 aliphatic heterocycles. The van der Waals surface area contributed by atoms with E-state index in [0.29, 0.717) is 36.1 Å². The zero-order valence-electron chi connectivity index (χ0n) is 18.7. The molecule has 3 aliphatic carbocycles. The summed E-state index contributed by atoms with van der Waals surface area (Å²) >= 11 is 0. The van der Waals surface area contributed by atoms with Gasteiger partial charge in [0.25, 0.3) is 0 Å². The fraction of sp³-hybridized carbons (Fsp3) is 0.708. The molecule has 31 heavy (non-hydrogen) atoms. The number of aliphatic imine (C=N–C) groups is 1.